The molecule has 1 heterocycles. The molecule has 7 heteroatoms. The fourth-order valence-corrected chi connectivity index (χ4v) is 2.88. The lowest BCUT2D eigenvalue weighted by molar-refractivity contribution is 0.579. The van der Waals surface area contributed by atoms with Gasteiger partial charge >= 0.3 is 5.69 Å². The molecule has 0 radical (unpaired) electrons. The summed E-state index contributed by atoms with van der Waals surface area (Å²) < 4.78 is 22.7. The van der Waals surface area contributed by atoms with Gasteiger partial charge in [0.2, 0.25) is 0 Å². The van der Waals surface area contributed by atoms with Crippen LogP contribution in [0.25, 0.3) is 11.0 Å². The van der Waals surface area contributed by atoms with Crippen molar-refractivity contribution in [2.24, 2.45) is 0 Å². The number of benzene rings is 1. The third-order valence-electron chi connectivity index (χ3n) is 2.76. The van der Waals surface area contributed by atoms with Crippen LogP contribution in [0.1, 0.15) is 11.6 Å². The van der Waals surface area contributed by atoms with E-state index in [2.05, 4.69) is 15.3 Å². The smallest absolute Gasteiger partial charge is 0.312 e. The molecule has 1 aromatic heterocycles. The van der Waals surface area contributed by atoms with Crippen LogP contribution < -0.4 is 11.0 Å². The second-order valence-electron chi connectivity index (χ2n) is 4.32. The van der Waals surface area contributed by atoms with E-state index in [1.807, 2.05) is 0 Å². The fraction of sp³-hybridized carbons (Fsp3) is 0.364. The van der Waals surface area contributed by atoms with Crippen LogP contribution in [0.15, 0.2) is 23.0 Å². The molecule has 1 atom stereocenters. The van der Waals surface area contributed by atoms with Crippen molar-refractivity contribution in [1.82, 2.24) is 15.3 Å². The van der Waals surface area contributed by atoms with Crippen molar-refractivity contribution < 1.29 is 8.42 Å². The SMILES string of the molecule is CNC(CS(C)(=O)=O)c1ccc2[nH]c(=O)[nH]c2c1. The van der Waals surface area contributed by atoms with Gasteiger partial charge in [0.15, 0.2) is 0 Å². The minimum Gasteiger partial charge on any atom is -0.312 e. The van der Waals surface area contributed by atoms with E-state index in [0.29, 0.717) is 11.0 Å². The Morgan fingerprint density at radius 2 is 1.94 bits per heavy atom. The van der Waals surface area contributed by atoms with Crippen LogP contribution in [0.5, 0.6) is 0 Å². The average molecular weight is 269 g/mol. The predicted molar refractivity (Wildman–Crippen MR) is 70.4 cm³/mol. The van der Waals surface area contributed by atoms with Crippen molar-refractivity contribution in [1.29, 1.82) is 0 Å². The molecule has 0 fully saturated rings. The number of aromatic nitrogens is 2. The number of hydrogen-bond donors (Lipinski definition) is 3. The number of nitrogens with one attached hydrogen (secondary N) is 3. The third-order valence-corrected chi connectivity index (χ3v) is 3.70. The Balaban J connectivity index is 2.42. The summed E-state index contributed by atoms with van der Waals surface area (Å²) >= 11 is 0. The Morgan fingerprint density at radius 3 is 2.56 bits per heavy atom. The van der Waals surface area contributed by atoms with Gasteiger partial charge in [-0.3, -0.25) is 0 Å². The maximum atomic E-state index is 11.3. The highest BCUT2D eigenvalue weighted by molar-refractivity contribution is 7.90. The molecular weight excluding hydrogens is 254 g/mol. The lowest BCUT2D eigenvalue weighted by Gasteiger charge is -2.15. The van der Waals surface area contributed by atoms with Crippen molar-refractivity contribution in [3.05, 3.63) is 34.2 Å². The first-order chi connectivity index (χ1) is 8.39. The minimum atomic E-state index is -3.07. The number of imidazole rings is 1. The van der Waals surface area contributed by atoms with E-state index in [0.717, 1.165) is 5.56 Å². The first-order valence-corrected chi connectivity index (χ1v) is 7.52. The van der Waals surface area contributed by atoms with Gasteiger partial charge in [-0.15, -0.1) is 0 Å². The normalized spacial score (nSPS) is 13.9. The predicted octanol–water partition coefficient (Wildman–Crippen LogP) is 0.161. The summed E-state index contributed by atoms with van der Waals surface area (Å²) in [4.78, 5) is 16.4. The van der Waals surface area contributed by atoms with Crippen molar-refractivity contribution >= 4 is 20.9 Å². The molecule has 0 saturated heterocycles. The topological polar surface area (TPSA) is 94.8 Å². The largest absolute Gasteiger partial charge is 0.323 e. The zero-order chi connectivity index (χ0) is 13.3. The van der Waals surface area contributed by atoms with Crippen molar-refractivity contribution in [3.63, 3.8) is 0 Å². The first kappa shape index (κ1) is 12.8. The van der Waals surface area contributed by atoms with Gasteiger partial charge in [-0.25, -0.2) is 13.2 Å². The molecule has 0 aliphatic heterocycles. The number of H-pyrrole nitrogens is 2. The molecule has 3 N–H and O–H groups in total. The van der Waals surface area contributed by atoms with Crippen LogP contribution >= 0.6 is 0 Å². The summed E-state index contributed by atoms with van der Waals surface area (Å²) in [6.07, 6.45) is 1.20. The van der Waals surface area contributed by atoms with E-state index in [4.69, 9.17) is 0 Å². The maximum Gasteiger partial charge on any atom is 0.323 e. The Bertz CT molecular complexity index is 714. The highest BCUT2D eigenvalue weighted by Crippen LogP contribution is 2.18. The highest BCUT2D eigenvalue weighted by atomic mass is 32.2. The molecule has 0 bridgehead atoms. The fourth-order valence-electron chi connectivity index (χ4n) is 1.92. The number of rotatable bonds is 4. The van der Waals surface area contributed by atoms with Gasteiger partial charge in [-0.1, -0.05) is 6.07 Å². The standard InChI is InChI=1S/C11H15N3O3S/c1-12-10(6-18(2,16)17)7-3-4-8-9(5-7)14-11(15)13-8/h3-5,10,12H,6H2,1-2H3,(H2,13,14,15). The molecule has 0 amide bonds. The molecule has 18 heavy (non-hydrogen) atoms. The van der Waals surface area contributed by atoms with E-state index < -0.39 is 9.84 Å². The van der Waals surface area contributed by atoms with E-state index >= 15 is 0 Å². The van der Waals surface area contributed by atoms with Gasteiger partial charge in [0, 0.05) is 12.3 Å². The third kappa shape index (κ3) is 2.80. The molecule has 98 valence electrons. The van der Waals surface area contributed by atoms with Gasteiger partial charge in [0.05, 0.1) is 16.8 Å². The quantitative estimate of drug-likeness (QED) is 0.737. The Labute approximate surface area is 104 Å². The van der Waals surface area contributed by atoms with Crippen LogP contribution in [-0.4, -0.2) is 37.4 Å². The summed E-state index contributed by atoms with van der Waals surface area (Å²) in [7, 11) is -1.37. The molecule has 0 aliphatic rings. The maximum absolute atomic E-state index is 11.3. The monoisotopic (exact) mass is 269 g/mol. The number of aromatic amines is 2. The zero-order valence-electron chi connectivity index (χ0n) is 10.1. The first-order valence-electron chi connectivity index (χ1n) is 5.46. The second-order valence-corrected chi connectivity index (χ2v) is 6.50. The van der Waals surface area contributed by atoms with E-state index in [9.17, 15) is 13.2 Å². The Kier molecular flexibility index (Phi) is 3.27. The van der Waals surface area contributed by atoms with Gasteiger partial charge in [-0.05, 0) is 24.7 Å². The van der Waals surface area contributed by atoms with Crippen LogP contribution in [0.3, 0.4) is 0 Å². The molecule has 6 nitrogen and oxygen atoms in total. The van der Waals surface area contributed by atoms with Crippen LogP contribution in [0.2, 0.25) is 0 Å². The van der Waals surface area contributed by atoms with E-state index in [1.54, 1.807) is 25.2 Å². The Hall–Kier alpha value is -1.60. The van der Waals surface area contributed by atoms with Crippen LogP contribution in [-0.2, 0) is 9.84 Å². The van der Waals surface area contributed by atoms with Crippen molar-refractivity contribution in [2.45, 2.75) is 6.04 Å². The Morgan fingerprint density at radius 1 is 1.28 bits per heavy atom. The molecular formula is C11H15N3O3S. The molecule has 0 spiro atoms. The lowest BCUT2D eigenvalue weighted by Crippen LogP contribution is -2.24. The summed E-state index contributed by atoms with van der Waals surface area (Å²) in [5.41, 5.74) is 1.93. The van der Waals surface area contributed by atoms with Gasteiger partial charge in [0.25, 0.3) is 0 Å². The van der Waals surface area contributed by atoms with Crippen LogP contribution in [0, 0.1) is 0 Å². The molecule has 2 rings (SSSR count). The van der Waals surface area contributed by atoms with E-state index in [1.165, 1.54) is 6.26 Å². The number of hydrogen-bond acceptors (Lipinski definition) is 4. The van der Waals surface area contributed by atoms with Gasteiger partial charge < -0.3 is 15.3 Å². The summed E-state index contributed by atoms with van der Waals surface area (Å²) in [5.74, 6) is 0.0175. The van der Waals surface area contributed by atoms with Crippen molar-refractivity contribution in [3.8, 4) is 0 Å². The number of sulfone groups is 1. The van der Waals surface area contributed by atoms with Gasteiger partial charge in [-0.2, -0.15) is 0 Å². The highest BCUT2D eigenvalue weighted by Gasteiger charge is 2.16. The second kappa shape index (κ2) is 4.58. The molecule has 2 aromatic rings. The average Bonchev–Trinajstić information content (AvgIpc) is 2.63. The summed E-state index contributed by atoms with van der Waals surface area (Å²) in [6.45, 7) is 0. The molecule has 0 saturated carbocycles. The minimum absolute atomic E-state index is 0.0175. The summed E-state index contributed by atoms with van der Waals surface area (Å²) in [6, 6.07) is 5.05. The van der Waals surface area contributed by atoms with E-state index in [-0.39, 0.29) is 17.5 Å². The molecule has 1 aromatic carbocycles. The summed E-state index contributed by atoms with van der Waals surface area (Å²) in [5, 5.41) is 2.97. The molecule has 0 aliphatic carbocycles. The zero-order valence-corrected chi connectivity index (χ0v) is 11.0. The number of fused-ring (bicyclic) bond motifs is 1. The lowest BCUT2D eigenvalue weighted by atomic mass is 10.1. The van der Waals surface area contributed by atoms with Crippen LogP contribution in [0.4, 0.5) is 0 Å². The molecule has 1 unspecified atom stereocenters. The van der Waals surface area contributed by atoms with Crippen molar-refractivity contribution in [2.75, 3.05) is 19.1 Å². The van der Waals surface area contributed by atoms with Gasteiger partial charge in [0.1, 0.15) is 9.84 Å².